The summed E-state index contributed by atoms with van der Waals surface area (Å²) in [6.45, 7) is 4.70. The summed E-state index contributed by atoms with van der Waals surface area (Å²) in [6.07, 6.45) is 2.34. The quantitative estimate of drug-likeness (QED) is 0.792. The van der Waals surface area contributed by atoms with Crippen molar-refractivity contribution in [3.63, 3.8) is 0 Å². The van der Waals surface area contributed by atoms with Crippen LogP contribution in [0.4, 0.5) is 0 Å². The van der Waals surface area contributed by atoms with Crippen LogP contribution in [0, 0.1) is 6.92 Å². The zero-order valence-electron chi connectivity index (χ0n) is 10.7. The first kappa shape index (κ1) is 13.7. The van der Waals surface area contributed by atoms with E-state index in [-0.39, 0.29) is 11.9 Å². The fourth-order valence-corrected chi connectivity index (χ4v) is 1.81. The van der Waals surface area contributed by atoms with Gasteiger partial charge in [-0.15, -0.1) is 0 Å². The predicted octanol–water partition coefficient (Wildman–Crippen LogP) is 2.13. The van der Waals surface area contributed by atoms with Gasteiger partial charge < -0.3 is 11.1 Å². The van der Waals surface area contributed by atoms with E-state index in [0.717, 1.165) is 18.4 Å². The van der Waals surface area contributed by atoms with Crippen molar-refractivity contribution in [1.82, 2.24) is 5.32 Å². The van der Waals surface area contributed by atoms with Gasteiger partial charge in [0, 0.05) is 19.0 Å². The first-order chi connectivity index (χ1) is 8.11. The molecule has 3 heteroatoms. The van der Waals surface area contributed by atoms with E-state index in [0.29, 0.717) is 13.0 Å². The molecule has 0 bridgehead atoms. The number of benzene rings is 1. The second-order valence-electron chi connectivity index (χ2n) is 4.52. The first-order valence-corrected chi connectivity index (χ1v) is 6.19. The van der Waals surface area contributed by atoms with E-state index < -0.39 is 0 Å². The molecule has 0 spiro atoms. The van der Waals surface area contributed by atoms with Crippen LogP contribution in [0.15, 0.2) is 24.3 Å². The van der Waals surface area contributed by atoms with Crippen LogP contribution in [0.25, 0.3) is 0 Å². The van der Waals surface area contributed by atoms with Gasteiger partial charge in [0.1, 0.15) is 0 Å². The molecule has 1 amide bonds. The minimum atomic E-state index is -0.0162. The van der Waals surface area contributed by atoms with Gasteiger partial charge in [-0.25, -0.2) is 0 Å². The number of aryl methyl sites for hydroxylation is 1. The number of carbonyl (C=O) groups excluding carboxylic acids is 1. The Balaban J connectivity index is 2.33. The van der Waals surface area contributed by atoms with E-state index in [1.807, 2.05) is 25.1 Å². The summed E-state index contributed by atoms with van der Waals surface area (Å²) < 4.78 is 0. The summed E-state index contributed by atoms with van der Waals surface area (Å²) in [5, 5.41) is 2.90. The van der Waals surface area contributed by atoms with Crippen molar-refractivity contribution in [2.24, 2.45) is 5.73 Å². The van der Waals surface area contributed by atoms with Gasteiger partial charge in [-0.3, -0.25) is 4.79 Å². The molecular weight excluding hydrogens is 212 g/mol. The average molecular weight is 234 g/mol. The van der Waals surface area contributed by atoms with E-state index >= 15 is 0 Å². The van der Waals surface area contributed by atoms with Crippen molar-refractivity contribution in [2.75, 3.05) is 0 Å². The third kappa shape index (κ3) is 5.50. The highest BCUT2D eigenvalue weighted by molar-refractivity contribution is 5.76. The Labute approximate surface area is 103 Å². The Hall–Kier alpha value is -1.35. The molecular formula is C14H22N2O. The van der Waals surface area contributed by atoms with E-state index in [9.17, 15) is 4.79 Å². The minimum Gasteiger partial charge on any atom is -0.352 e. The van der Waals surface area contributed by atoms with Crippen molar-refractivity contribution >= 4 is 5.91 Å². The van der Waals surface area contributed by atoms with Gasteiger partial charge in [0.25, 0.3) is 0 Å². The van der Waals surface area contributed by atoms with Gasteiger partial charge in [0.2, 0.25) is 5.91 Å². The zero-order valence-corrected chi connectivity index (χ0v) is 10.7. The summed E-state index contributed by atoms with van der Waals surface area (Å²) in [6, 6.07) is 8.12. The van der Waals surface area contributed by atoms with E-state index in [4.69, 9.17) is 5.73 Å². The van der Waals surface area contributed by atoms with Crippen molar-refractivity contribution in [3.8, 4) is 0 Å². The fourth-order valence-electron chi connectivity index (χ4n) is 1.81. The first-order valence-electron chi connectivity index (χ1n) is 6.19. The summed E-state index contributed by atoms with van der Waals surface area (Å²) in [4.78, 5) is 11.6. The lowest BCUT2D eigenvalue weighted by Crippen LogP contribution is -2.31. The van der Waals surface area contributed by atoms with E-state index in [2.05, 4.69) is 18.3 Å². The molecule has 0 aliphatic heterocycles. The summed E-state index contributed by atoms with van der Waals surface area (Å²) in [5.74, 6) is 0.0347. The van der Waals surface area contributed by atoms with Gasteiger partial charge in [0.15, 0.2) is 0 Å². The number of amides is 1. The number of carbonyl (C=O) groups is 1. The maximum atomic E-state index is 11.6. The van der Waals surface area contributed by atoms with Gasteiger partial charge in [-0.1, -0.05) is 43.2 Å². The third-order valence-electron chi connectivity index (χ3n) is 2.68. The zero-order chi connectivity index (χ0) is 12.7. The monoisotopic (exact) mass is 234 g/mol. The summed E-state index contributed by atoms with van der Waals surface area (Å²) >= 11 is 0. The molecule has 1 aromatic carbocycles. The van der Waals surface area contributed by atoms with Crippen LogP contribution in [0.1, 0.15) is 37.3 Å². The van der Waals surface area contributed by atoms with Gasteiger partial charge >= 0.3 is 0 Å². The molecule has 0 saturated carbocycles. The van der Waals surface area contributed by atoms with E-state index in [1.165, 1.54) is 5.56 Å². The second kappa shape index (κ2) is 7.07. The summed E-state index contributed by atoms with van der Waals surface area (Å²) in [7, 11) is 0. The van der Waals surface area contributed by atoms with Crippen molar-refractivity contribution in [3.05, 3.63) is 35.4 Å². The molecule has 0 aliphatic rings. The Morgan fingerprint density at radius 3 is 2.88 bits per heavy atom. The minimum absolute atomic E-state index is 0.0162. The lowest BCUT2D eigenvalue weighted by Gasteiger charge is -2.10. The number of rotatable bonds is 6. The van der Waals surface area contributed by atoms with Crippen LogP contribution in [-0.4, -0.2) is 11.9 Å². The fraction of sp³-hybridized carbons (Fsp3) is 0.500. The van der Waals surface area contributed by atoms with Crippen molar-refractivity contribution in [2.45, 2.75) is 45.7 Å². The molecule has 1 unspecified atom stereocenters. The molecule has 0 fully saturated rings. The Morgan fingerprint density at radius 2 is 2.24 bits per heavy atom. The molecule has 94 valence electrons. The van der Waals surface area contributed by atoms with Crippen LogP contribution in [0.3, 0.4) is 0 Å². The highest BCUT2D eigenvalue weighted by Crippen LogP contribution is 2.04. The van der Waals surface area contributed by atoms with Crippen LogP contribution < -0.4 is 11.1 Å². The smallest absolute Gasteiger partial charge is 0.221 e. The van der Waals surface area contributed by atoms with Gasteiger partial charge in [-0.05, 0) is 18.9 Å². The molecule has 3 N–H and O–H groups in total. The predicted molar refractivity (Wildman–Crippen MR) is 70.5 cm³/mol. The van der Waals surface area contributed by atoms with Crippen LogP contribution in [0.2, 0.25) is 0 Å². The second-order valence-corrected chi connectivity index (χ2v) is 4.52. The molecule has 1 rings (SSSR count). The van der Waals surface area contributed by atoms with Gasteiger partial charge in [-0.2, -0.15) is 0 Å². The topological polar surface area (TPSA) is 55.1 Å². The molecule has 3 nitrogen and oxygen atoms in total. The molecule has 1 aromatic rings. The molecule has 1 atom stereocenters. The molecule has 0 radical (unpaired) electrons. The number of hydrogen-bond acceptors (Lipinski definition) is 2. The van der Waals surface area contributed by atoms with Gasteiger partial charge in [0.05, 0.1) is 0 Å². The number of nitrogens with one attached hydrogen (secondary N) is 1. The Bertz CT molecular complexity index is 363. The number of hydrogen-bond donors (Lipinski definition) is 2. The molecule has 17 heavy (non-hydrogen) atoms. The molecule has 0 aromatic heterocycles. The largest absolute Gasteiger partial charge is 0.352 e. The van der Waals surface area contributed by atoms with Crippen molar-refractivity contribution < 1.29 is 4.79 Å². The average Bonchev–Trinajstić information content (AvgIpc) is 2.27. The molecule has 0 saturated heterocycles. The van der Waals surface area contributed by atoms with Crippen LogP contribution >= 0.6 is 0 Å². The molecule has 0 aliphatic carbocycles. The lowest BCUT2D eigenvalue weighted by atomic mass is 10.1. The lowest BCUT2D eigenvalue weighted by molar-refractivity contribution is -0.121. The Morgan fingerprint density at radius 1 is 1.47 bits per heavy atom. The van der Waals surface area contributed by atoms with Crippen LogP contribution in [0.5, 0.6) is 0 Å². The third-order valence-corrected chi connectivity index (χ3v) is 2.68. The highest BCUT2D eigenvalue weighted by Gasteiger charge is 2.07. The van der Waals surface area contributed by atoms with E-state index in [1.54, 1.807) is 0 Å². The maximum absolute atomic E-state index is 11.6. The maximum Gasteiger partial charge on any atom is 0.221 e. The normalized spacial score (nSPS) is 12.2. The Kier molecular flexibility index (Phi) is 5.70. The highest BCUT2D eigenvalue weighted by atomic mass is 16.1. The summed E-state index contributed by atoms with van der Waals surface area (Å²) in [5.41, 5.74) is 8.15. The van der Waals surface area contributed by atoms with Crippen molar-refractivity contribution in [1.29, 1.82) is 0 Å². The standard InChI is InChI=1S/C14H22N2O/c1-3-5-13(15)9-14(17)16-10-12-7-4-6-11(2)8-12/h4,6-8,13H,3,5,9-10,15H2,1-2H3,(H,16,17). The van der Waals surface area contributed by atoms with Crippen LogP contribution in [-0.2, 0) is 11.3 Å². The number of nitrogens with two attached hydrogens (primary N) is 1. The SMILES string of the molecule is CCCC(N)CC(=O)NCc1cccc(C)c1. The molecule has 0 heterocycles.